The maximum atomic E-state index is 13.2. The van der Waals surface area contributed by atoms with Crippen molar-refractivity contribution in [3.63, 3.8) is 0 Å². The van der Waals surface area contributed by atoms with E-state index < -0.39 is 21.9 Å². The number of aryl methyl sites for hydroxylation is 1. The molecule has 3 rings (SSSR count). The van der Waals surface area contributed by atoms with Crippen molar-refractivity contribution in [1.82, 2.24) is 4.31 Å². The lowest BCUT2D eigenvalue weighted by Crippen LogP contribution is -2.35. The van der Waals surface area contributed by atoms with E-state index in [1.807, 2.05) is 43.3 Å². The van der Waals surface area contributed by atoms with Crippen LogP contribution >= 0.6 is 0 Å². The number of esters is 1. The van der Waals surface area contributed by atoms with E-state index in [9.17, 15) is 13.2 Å². The smallest absolute Gasteiger partial charge is 0.315 e. The molecule has 0 aromatic heterocycles. The summed E-state index contributed by atoms with van der Waals surface area (Å²) < 4.78 is 32.6. The monoisotopic (exact) mass is 385 g/mol. The lowest BCUT2D eigenvalue weighted by atomic mass is 9.96. The highest BCUT2D eigenvalue weighted by atomic mass is 32.2. The van der Waals surface area contributed by atoms with Crippen LogP contribution in [0.25, 0.3) is 0 Å². The first-order chi connectivity index (χ1) is 12.9. The summed E-state index contributed by atoms with van der Waals surface area (Å²) in [5, 5.41) is 0. The van der Waals surface area contributed by atoms with Gasteiger partial charge in [-0.2, -0.15) is 0 Å². The molecule has 27 heavy (non-hydrogen) atoms. The second kappa shape index (κ2) is 7.96. The highest BCUT2D eigenvalue weighted by Gasteiger charge is 2.36. The predicted molar refractivity (Wildman–Crippen MR) is 103 cm³/mol. The third-order valence-electron chi connectivity index (χ3n) is 4.71. The van der Waals surface area contributed by atoms with Crippen molar-refractivity contribution in [2.75, 3.05) is 13.7 Å². The van der Waals surface area contributed by atoms with Crippen LogP contribution < -0.4 is 0 Å². The lowest BCUT2D eigenvalue weighted by molar-refractivity contribution is -0.144. The average Bonchev–Trinajstić information content (AvgIpc) is 3.17. The van der Waals surface area contributed by atoms with Gasteiger partial charge in [-0.15, -0.1) is 0 Å². The Morgan fingerprint density at radius 2 is 1.78 bits per heavy atom. The summed E-state index contributed by atoms with van der Waals surface area (Å²) in [6.07, 6.45) is 2.79. The number of benzene rings is 2. The third kappa shape index (κ3) is 4.06. The molecular weight excluding hydrogens is 362 g/mol. The zero-order valence-electron chi connectivity index (χ0n) is 15.5. The first kappa shape index (κ1) is 19.2. The maximum absolute atomic E-state index is 13.2. The van der Waals surface area contributed by atoms with Crippen LogP contribution in [0.4, 0.5) is 0 Å². The fraction of sp³-hybridized carbons (Fsp3) is 0.286. The number of rotatable bonds is 6. The molecule has 0 fully saturated rings. The van der Waals surface area contributed by atoms with Gasteiger partial charge < -0.3 is 4.74 Å². The normalized spacial score (nSPS) is 15.3. The van der Waals surface area contributed by atoms with E-state index >= 15 is 0 Å². The largest absolute Gasteiger partial charge is 0.468 e. The minimum Gasteiger partial charge on any atom is -0.468 e. The summed E-state index contributed by atoms with van der Waals surface area (Å²) in [7, 11) is -2.40. The van der Waals surface area contributed by atoms with Crippen molar-refractivity contribution in [2.24, 2.45) is 5.92 Å². The molecule has 5 nitrogen and oxygen atoms in total. The van der Waals surface area contributed by atoms with Crippen molar-refractivity contribution in [3.8, 4) is 0 Å². The molecule has 2 aromatic carbocycles. The van der Waals surface area contributed by atoms with E-state index in [0.717, 1.165) is 11.1 Å². The molecule has 1 aliphatic rings. The average molecular weight is 385 g/mol. The second-order valence-electron chi connectivity index (χ2n) is 6.57. The molecule has 1 heterocycles. The van der Waals surface area contributed by atoms with E-state index in [4.69, 9.17) is 4.74 Å². The van der Waals surface area contributed by atoms with Crippen LogP contribution in [-0.2, 0) is 26.0 Å². The van der Waals surface area contributed by atoms with Gasteiger partial charge in [0.25, 0.3) is 10.0 Å². The van der Waals surface area contributed by atoms with E-state index in [2.05, 4.69) is 0 Å². The van der Waals surface area contributed by atoms with E-state index in [-0.39, 0.29) is 4.90 Å². The fourth-order valence-corrected chi connectivity index (χ4v) is 4.83. The standard InChI is InChI=1S/C21H23NO4S/c1-16-10-12-18(13-11-16)27(24,25)22-14-6-9-20(22)19(21(23)26-2)15-17-7-4-3-5-8-17/h3-5,7-13,19H,6,14-15H2,1-2H3. The summed E-state index contributed by atoms with van der Waals surface area (Å²) in [6.45, 7) is 2.23. The predicted octanol–water partition coefficient (Wildman–Crippen LogP) is 3.31. The Bertz CT molecular complexity index is 934. The van der Waals surface area contributed by atoms with Gasteiger partial charge in [0.1, 0.15) is 5.92 Å². The molecule has 1 unspecified atom stereocenters. The molecule has 0 aliphatic carbocycles. The van der Waals surface area contributed by atoms with Gasteiger partial charge >= 0.3 is 5.97 Å². The zero-order chi connectivity index (χ0) is 19.4. The van der Waals surface area contributed by atoms with Gasteiger partial charge in [-0.3, -0.25) is 9.10 Å². The molecule has 1 aliphatic heterocycles. The topological polar surface area (TPSA) is 63.7 Å². The number of nitrogens with zero attached hydrogens (tertiary/aromatic N) is 1. The van der Waals surface area contributed by atoms with Crippen LogP contribution in [0, 0.1) is 12.8 Å². The van der Waals surface area contributed by atoms with Crippen molar-refractivity contribution in [2.45, 2.75) is 24.7 Å². The van der Waals surface area contributed by atoms with Crippen molar-refractivity contribution >= 4 is 16.0 Å². The number of hydrogen-bond donors (Lipinski definition) is 0. The van der Waals surface area contributed by atoms with Crippen molar-refractivity contribution in [3.05, 3.63) is 77.5 Å². The van der Waals surface area contributed by atoms with Crippen LogP contribution in [0.15, 0.2) is 71.3 Å². The van der Waals surface area contributed by atoms with Crippen LogP contribution in [-0.4, -0.2) is 32.3 Å². The summed E-state index contributed by atoms with van der Waals surface area (Å²) in [5.74, 6) is -1.10. The number of carbonyl (C=O) groups is 1. The van der Waals surface area contributed by atoms with Gasteiger partial charge in [0.15, 0.2) is 0 Å². The summed E-state index contributed by atoms with van der Waals surface area (Å²) >= 11 is 0. The third-order valence-corrected chi connectivity index (χ3v) is 6.55. The lowest BCUT2D eigenvalue weighted by Gasteiger charge is -2.27. The first-order valence-corrected chi connectivity index (χ1v) is 10.3. The number of carbonyl (C=O) groups excluding carboxylic acids is 1. The number of sulfonamides is 1. The highest BCUT2D eigenvalue weighted by Crippen LogP contribution is 2.32. The molecule has 0 radical (unpaired) electrons. The first-order valence-electron chi connectivity index (χ1n) is 8.84. The summed E-state index contributed by atoms with van der Waals surface area (Å²) in [6, 6.07) is 16.3. The molecule has 0 N–H and O–H groups in total. The number of methoxy groups -OCH3 is 1. The SMILES string of the molecule is COC(=O)C(Cc1ccccc1)C1=CCCN1S(=O)(=O)c1ccc(C)cc1. The molecule has 6 heteroatoms. The Morgan fingerprint density at radius 1 is 1.11 bits per heavy atom. The Kier molecular flexibility index (Phi) is 5.65. The number of ether oxygens (including phenoxy) is 1. The molecule has 0 bridgehead atoms. The molecule has 0 spiro atoms. The van der Waals surface area contributed by atoms with Gasteiger partial charge in [-0.1, -0.05) is 54.1 Å². The van der Waals surface area contributed by atoms with E-state index in [1.54, 1.807) is 24.3 Å². The molecule has 142 valence electrons. The Labute approximate surface area is 160 Å². The molecule has 1 atom stereocenters. The number of hydrogen-bond acceptors (Lipinski definition) is 4. The van der Waals surface area contributed by atoms with Crippen LogP contribution in [0.5, 0.6) is 0 Å². The van der Waals surface area contributed by atoms with Gasteiger partial charge in [0.2, 0.25) is 0 Å². The van der Waals surface area contributed by atoms with Crippen LogP contribution in [0.1, 0.15) is 17.5 Å². The van der Waals surface area contributed by atoms with Crippen molar-refractivity contribution < 1.29 is 17.9 Å². The minimum absolute atomic E-state index is 0.226. The van der Waals surface area contributed by atoms with E-state index in [1.165, 1.54) is 11.4 Å². The second-order valence-corrected chi connectivity index (χ2v) is 8.44. The fourth-order valence-electron chi connectivity index (χ4n) is 3.27. The molecule has 0 saturated carbocycles. The summed E-state index contributed by atoms with van der Waals surface area (Å²) in [4.78, 5) is 12.7. The molecular formula is C21H23NO4S. The van der Waals surface area contributed by atoms with Crippen LogP contribution in [0.2, 0.25) is 0 Å². The Balaban J connectivity index is 1.94. The maximum Gasteiger partial charge on any atom is 0.315 e. The Morgan fingerprint density at radius 3 is 2.41 bits per heavy atom. The Hall–Kier alpha value is -2.60. The summed E-state index contributed by atoms with van der Waals surface area (Å²) in [5.41, 5.74) is 2.43. The minimum atomic E-state index is -3.73. The van der Waals surface area contributed by atoms with Gasteiger partial charge in [0, 0.05) is 12.2 Å². The highest BCUT2D eigenvalue weighted by molar-refractivity contribution is 7.89. The zero-order valence-corrected chi connectivity index (χ0v) is 16.3. The molecule has 0 saturated heterocycles. The van der Waals surface area contributed by atoms with Crippen molar-refractivity contribution in [1.29, 1.82) is 0 Å². The molecule has 0 amide bonds. The quantitative estimate of drug-likeness (QED) is 0.716. The van der Waals surface area contributed by atoms with Gasteiger partial charge in [0.05, 0.1) is 12.0 Å². The van der Waals surface area contributed by atoms with Gasteiger partial charge in [-0.25, -0.2) is 8.42 Å². The van der Waals surface area contributed by atoms with E-state index in [0.29, 0.717) is 25.1 Å². The van der Waals surface area contributed by atoms with Gasteiger partial charge in [-0.05, 0) is 37.5 Å². The van der Waals surface area contributed by atoms with Crippen LogP contribution in [0.3, 0.4) is 0 Å². The molecule has 2 aromatic rings.